The first-order chi connectivity index (χ1) is 13.0. The lowest BCUT2D eigenvalue weighted by Gasteiger charge is -2.37. The predicted molar refractivity (Wildman–Crippen MR) is 97.8 cm³/mol. The fourth-order valence-electron chi connectivity index (χ4n) is 4.02. The number of amides is 2. The van der Waals surface area contributed by atoms with Crippen molar-refractivity contribution in [3.63, 3.8) is 0 Å². The van der Waals surface area contributed by atoms with Gasteiger partial charge in [0.1, 0.15) is 11.6 Å². The number of benzene rings is 1. The first-order valence-corrected chi connectivity index (χ1v) is 9.75. The molecule has 2 fully saturated rings. The van der Waals surface area contributed by atoms with Gasteiger partial charge in [0.25, 0.3) is 0 Å². The Morgan fingerprint density at radius 2 is 2.00 bits per heavy atom. The molecule has 7 heteroatoms. The summed E-state index contributed by atoms with van der Waals surface area (Å²) in [5.41, 5.74) is 0.0931. The summed E-state index contributed by atoms with van der Waals surface area (Å²) in [7, 11) is 0. The van der Waals surface area contributed by atoms with Gasteiger partial charge in [0.15, 0.2) is 0 Å². The Morgan fingerprint density at radius 1 is 1.22 bits per heavy atom. The second-order valence-corrected chi connectivity index (χ2v) is 7.52. The van der Waals surface area contributed by atoms with Gasteiger partial charge < -0.3 is 10.6 Å². The smallest absolute Gasteiger partial charge is 0.237 e. The van der Waals surface area contributed by atoms with E-state index in [9.17, 15) is 18.4 Å². The number of hydrogen-bond acceptors (Lipinski definition) is 3. The third kappa shape index (κ3) is 5.48. The number of rotatable bonds is 6. The molecule has 3 rings (SSSR count). The number of carbonyl (C=O) groups excluding carboxylic acids is 2. The molecule has 148 valence electrons. The van der Waals surface area contributed by atoms with E-state index >= 15 is 0 Å². The quantitative estimate of drug-likeness (QED) is 0.798. The van der Waals surface area contributed by atoms with Crippen molar-refractivity contribution < 1.29 is 18.4 Å². The standard InChI is InChI=1S/C20H27F2N3O2/c21-16-6-7-17(22)15(10-16)12-24-19(26)11-18-20(27)23-8-9-25(18)13-14-4-2-1-3-5-14/h6-7,10,14,18H,1-5,8-9,11-13H2,(H,23,27)(H,24,26)/t18-/m0/s1. The molecule has 5 nitrogen and oxygen atoms in total. The lowest BCUT2D eigenvalue weighted by Crippen LogP contribution is -2.57. The maximum absolute atomic E-state index is 13.7. The minimum absolute atomic E-state index is 0.0233. The van der Waals surface area contributed by atoms with Crippen molar-refractivity contribution in [2.75, 3.05) is 19.6 Å². The van der Waals surface area contributed by atoms with Gasteiger partial charge >= 0.3 is 0 Å². The van der Waals surface area contributed by atoms with Gasteiger partial charge in [-0.15, -0.1) is 0 Å². The molecule has 0 bridgehead atoms. The summed E-state index contributed by atoms with van der Waals surface area (Å²) < 4.78 is 26.9. The van der Waals surface area contributed by atoms with Crippen LogP contribution in [0.4, 0.5) is 8.78 Å². The maximum Gasteiger partial charge on any atom is 0.237 e. The van der Waals surface area contributed by atoms with Crippen LogP contribution in [0.5, 0.6) is 0 Å². The van der Waals surface area contributed by atoms with Crippen LogP contribution in [-0.2, 0) is 16.1 Å². The Hall–Kier alpha value is -2.02. The molecule has 1 saturated heterocycles. The lowest BCUT2D eigenvalue weighted by atomic mass is 9.88. The predicted octanol–water partition coefficient (Wildman–Crippen LogP) is 2.35. The first-order valence-electron chi connectivity index (χ1n) is 9.75. The van der Waals surface area contributed by atoms with Crippen molar-refractivity contribution in [1.29, 1.82) is 0 Å². The van der Waals surface area contributed by atoms with E-state index in [0.29, 0.717) is 12.5 Å². The summed E-state index contributed by atoms with van der Waals surface area (Å²) in [6, 6.07) is 2.64. The van der Waals surface area contributed by atoms with Crippen molar-refractivity contribution in [2.45, 2.75) is 51.1 Å². The molecule has 0 spiro atoms. The van der Waals surface area contributed by atoms with Crippen LogP contribution in [0.2, 0.25) is 0 Å². The fourth-order valence-corrected chi connectivity index (χ4v) is 4.02. The second-order valence-electron chi connectivity index (χ2n) is 7.52. The molecule has 1 aliphatic heterocycles. The highest BCUT2D eigenvalue weighted by Crippen LogP contribution is 2.25. The SMILES string of the molecule is O=C(C[C@H]1C(=O)NCCN1CC1CCCCC1)NCc1cc(F)ccc1F. The van der Waals surface area contributed by atoms with Crippen LogP contribution < -0.4 is 10.6 Å². The number of hydrogen-bond donors (Lipinski definition) is 2. The summed E-state index contributed by atoms with van der Waals surface area (Å²) in [5.74, 6) is -1.01. The molecule has 0 aromatic heterocycles. The molecule has 0 radical (unpaired) electrons. The van der Waals surface area contributed by atoms with Gasteiger partial charge in [-0.05, 0) is 37.0 Å². The van der Waals surface area contributed by atoms with Crippen molar-refractivity contribution in [1.82, 2.24) is 15.5 Å². The maximum atomic E-state index is 13.7. The van der Waals surface area contributed by atoms with Gasteiger partial charge in [0.05, 0.1) is 12.5 Å². The third-order valence-electron chi connectivity index (χ3n) is 5.52. The Morgan fingerprint density at radius 3 is 2.78 bits per heavy atom. The summed E-state index contributed by atoms with van der Waals surface area (Å²) in [4.78, 5) is 26.8. The molecule has 1 saturated carbocycles. The zero-order chi connectivity index (χ0) is 19.2. The second kappa shape index (κ2) is 9.26. The average molecular weight is 379 g/mol. The highest BCUT2D eigenvalue weighted by molar-refractivity contribution is 5.88. The van der Waals surface area contributed by atoms with Crippen molar-refractivity contribution in [3.8, 4) is 0 Å². The molecule has 1 aromatic carbocycles. The van der Waals surface area contributed by atoms with Gasteiger partial charge in [-0.3, -0.25) is 14.5 Å². The molecular weight excluding hydrogens is 352 g/mol. The van der Waals surface area contributed by atoms with Crippen LogP contribution in [-0.4, -0.2) is 42.4 Å². The van der Waals surface area contributed by atoms with Crippen molar-refractivity contribution in [2.24, 2.45) is 5.92 Å². The average Bonchev–Trinajstić information content (AvgIpc) is 2.66. The number of carbonyl (C=O) groups is 2. The topological polar surface area (TPSA) is 61.4 Å². The van der Waals surface area contributed by atoms with Gasteiger partial charge in [-0.25, -0.2) is 8.78 Å². The molecular formula is C20H27F2N3O2. The van der Waals surface area contributed by atoms with Gasteiger partial charge in [0, 0.05) is 31.7 Å². The van der Waals surface area contributed by atoms with E-state index in [2.05, 4.69) is 15.5 Å². The minimum Gasteiger partial charge on any atom is -0.353 e. The van der Waals surface area contributed by atoms with Crippen LogP contribution in [0.3, 0.4) is 0 Å². The Kier molecular flexibility index (Phi) is 6.77. The molecule has 2 aliphatic rings. The van der Waals surface area contributed by atoms with Gasteiger partial charge in [-0.1, -0.05) is 19.3 Å². The monoisotopic (exact) mass is 379 g/mol. The Balaban J connectivity index is 1.56. The van der Waals surface area contributed by atoms with Gasteiger partial charge in [-0.2, -0.15) is 0 Å². The molecule has 27 heavy (non-hydrogen) atoms. The minimum atomic E-state index is -0.564. The number of nitrogens with one attached hydrogen (secondary N) is 2. The largest absolute Gasteiger partial charge is 0.353 e. The van der Waals surface area contributed by atoms with Crippen LogP contribution >= 0.6 is 0 Å². The zero-order valence-electron chi connectivity index (χ0n) is 15.5. The molecule has 2 amide bonds. The van der Waals surface area contributed by atoms with E-state index in [1.807, 2.05) is 0 Å². The lowest BCUT2D eigenvalue weighted by molar-refractivity contribution is -0.134. The fraction of sp³-hybridized carbons (Fsp3) is 0.600. The van der Waals surface area contributed by atoms with Crippen LogP contribution in [0, 0.1) is 17.6 Å². The van der Waals surface area contributed by atoms with Gasteiger partial charge in [0.2, 0.25) is 11.8 Å². The molecule has 1 atom stereocenters. The first kappa shape index (κ1) is 19.7. The van der Waals surface area contributed by atoms with E-state index < -0.39 is 17.7 Å². The Bertz CT molecular complexity index is 677. The highest BCUT2D eigenvalue weighted by atomic mass is 19.1. The highest BCUT2D eigenvalue weighted by Gasteiger charge is 2.33. The number of nitrogens with zero attached hydrogens (tertiary/aromatic N) is 1. The summed E-state index contributed by atoms with van der Waals surface area (Å²) in [5, 5.41) is 5.43. The van der Waals surface area contributed by atoms with E-state index in [1.165, 1.54) is 32.1 Å². The van der Waals surface area contributed by atoms with E-state index in [-0.39, 0.29) is 30.3 Å². The molecule has 1 aromatic rings. The summed E-state index contributed by atoms with van der Waals surface area (Å²) >= 11 is 0. The van der Waals surface area contributed by atoms with Crippen molar-refractivity contribution >= 4 is 11.8 Å². The summed E-state index contributed by atoms with van der Waals surface area (Å²) in [6.45, 7) is 2.07. The summed E-state index contributed by atoms with van der Waals surface area (Å²) in [6.07, 6.45) is 6.12. The van der Waals surface area contributed by atoms with Crippen LogP contribution in [0.1, 0.15) is 44.1 Å². The van der Waals surface area contributed by atoms with Crippen LogP contribution in [0.15, 0.2) is 18.2 Å². The third-order valence-corrected chi connectivity index (χ3v) is 5.52. The number of piperazine rings is 1. The molecule has 2 N–H and O–H groups in total. The van der Waals surface area contributed by atoms with Crippen molar-refractivity contribution in [3.05, 3.63) is 35.4 Å². The molecule has 0 unspecified atom stereocenters. The molecule has 1 heterocycles. The van der Waals surface area contributed by atoms with E-state index in [1.54, 1.807) is 0 Å². The van der Waals surface area contributed by atoms with E-state index in [4.69, 9.17) is 0 Å². The molecule has 1 aliphatic carbocycles. The van der Waals surface area contributed by atoms with E-state index in [0.717, 1.165) is 31.3 Å². The van der Waals surface area contributed by atoms with Crippen LogP contribution in [0.25, 0.3) is 0 Å². The normalized spacial score (nSPS) is 21.7. The number of halogens is 2. The Labute approximate surface area is 158 Å². The zero-order valence-corrected chi connectivity index (χ0v) is 15.5.